The lowest BCUT2D eigenvalue weighted by atomic mass is 10.2. The SMILES string of the molecule is O=C1NC(=O)N(c2c(F)cccc2Cl)C(=O)C1F. The summed E-state index contributed by atoms with van der Waals surface area (Å²) in [7, 11) is 0. The van der Waals surface area contributed by atoms with Gasteiger partial charge in [0, 0.05) is 0 Å². The Morgan fingerprint density at radius 3 is 2.56 bits per heavy atom. The average Bonchev–Trinajstić information content (AvgIpc) is 2.30. The number of amides is 4. The molecule has 0 saturated carbocycles. The van der Waals surface area contributed by atoms with Crippen LogP contribution in [0.4, 0.5) is 19.3 Å². The number of alkyl halides is 1. The molecule has 1 N–H and O–H groups in total. The average molecular weight is 275 g/mol. The summed E-state index contributed by atoms with van der Waals surface area (Å²) in [6, 6.07) is 2.19. The molecule has 1 fully saturated rings. The van der Waals surface area contributed by atoms with Gasteiger partial charge < -0.3 is 0 Å². The van der Waals surface area contributed by atoms with Gasteiger partial charge in [-0.25, -0.2) is 18.5 Å². The van der Waals surface area contributed by atoms with Crippen LogP contribution < -0.4 is 10.2 Å². The van der Waals surface area contributed by atoms with Gasteiger partial charge in [0.25, 0.3) is 18.0 Å². The quantitative estimate of drug-likeness (QED) is 0.787. The van der Waals surface area contributed by atoms with Crippen LogP contribution >= 0.6 is 11.6 Å². The fourth-order valence-corrected chi connectivity index (χ4v) is 1.71. The predicted molar refractivity (Wildman–Crippen MR) is 57.3 cm³/mol. The molecule has 0 spiro atoms. The van der Waals surface area contributed by atoms with Gasteiger partial charge in [0.15, 0.2) is 0 Å². The van der Waals surface area contributed by atoms with Gasteiger partial charge in [-0.05, 0) is 12.1 Å². The van der Waals surface area contributed by atoms with Crippen molar-refractivity contribution in [2.75, 3.05) is 4.90 Å². The van der Waals surface area contributed by atoms with Crippen LogP contribution in [0.5, 0.6) is 0 Å². The second-order valence-electron chi connectivity index (χ2n) is 3.40. The summed E-state index contributed by atoms with van der Waals surface area (Å²) in [4.78, 5) is 34.0. The lowest BCUT2D eigenvalue weighted by Crippen LogP contribution is -2.59. The minimum atomic E-state index is -2.57. The lowest BCUT2D eigenvalue weighted by molar-refractivity contribution is -0.135. The molecule has 0 radical (unpaired) electrons. The van der Waals surface area contributed by atoms with Gasteiger partial charge in [-0.2, -0.15) is 0 Å². The number of para-hydroxylation sites is 1. The zero-order valence-corrected chi connectivity index (χ0v) is 9.37. The Hall–Kier alpha value is -2.02. The normalized spacial score (nSPS) is 20.1. The number of urea groups is 1. The Bertz CT molecular complexity index is 544. The van der Waals surface area contributed by atoms with Crippen molar-refractivity contribution in [3.05, 3.63) is 29.0 Å². The molecule has 2 rings (SSSR count). The molecule has 1 heterocycles. The van der Waals surface area contributed by atoms with Gasteiger partial charge in [-0.1, -0.05) is 17.7 Å². The number of carbonyl (C=O) groups is 3. The molecule has 1 aromatic rings. The van der Waals surface area contributed by atoms with Crippen LogP contribution in [0.2, 0.25) is 5.02 Å². The van der Waals surface area contributed by atoms with Crippen LogP contribution in [0.25, 0.3) is 0 Å². The first-order chi connectivity index (χ1) is 8.43. The first-order valence-electron chi connectivity index (χ1n) is 4.70. The summed E-state index contributed by atoms with van der Waals surface area (Å²) in [5.74, 6) is -3.84. The number of hydrogen-bond donors (Lipinski definition) is 1. The van der Waals surface area contributed by atoms with E-state index in [9.17, 15) is 23.2 Å². The Labute approximate surface area is 104 Å². The van der Waals surface area contributed by atoms with Gasteiger partial charge >= 0.3 is 6.03 Å². The van der Waals surface area contributed by atoms with Crippen LogP contribution in [0.15, 0.2) is 18.2 Å². The summed E-state index contributed by atoms with van der Waals surface area (Å²) < 4.78 is 26.8. The zero-order valence-electron chi connectivity index (χ0n) is 8.62. The molecule has 1 atom stereocenters. The van der Waals surface area contributed by atoms with E-state index in [1.807, 2.05) is 0 Å². The summed E-state index contributed by atoms with van der Waals surface area (Å²) >= 11 is 5.66. The van der Waals surface area contributed by atoms with Gasteiger partial charge in [0.05, 0.1) is 5.02 Å². The van der Waals surface area contributed by atoms with Crippen LogP contribution in [0.1, 0.15) is 0 Å². The van der Waals surface area contributed by atoms with Crippen LogP contribution in [0, 0.1) is 5.82 Å². The maximum atomic E-state index is 13.5. The molecule has 0 bridgehead atoms. The molecule has 5 nitrogen and oxygen atoms in total. The maximum absolute atomic E-state index is 13.5. The van der Waals surface area contributed by atoms with E-state index in [1.54, 1.807) is 5.32 Å². The molecule has 8 heteroatoms. The Morgan fingerprint density at radius 1 is 1.28 bits per heavy atom. The number of anilines is 1. The zero-order chi connectivity index (χ0) is 13.4. The van der Waals surface area contributed by atoms with Gasteiger partial charge in [0.2, 0.25) is 0 Å². The Balaban J connectivity index is 2.53. The van der Waals surface area contributed by atoms with E-state index in [4.69, 9.17) is 11.6 Å². The lowest BCUT2D eigenvalue weighted by Gasteiger charge is -2.27. The van der Waals surface area contributed by atoms with E-state index < -0.39 is 35.5 Å². The third-order valence-electron chi connectivity index (χ3n) is 2.26. The van der Waals surface area contributed by atoms with E-state index >= 15 is 0 Å². The smallest absolute Gasteiger partial charge is 0.274 e. The Morgan fingerprint density at radius 2 is 1.94 bits per heavy atom. The number of barbiturate groups is 1. The van der Waals surface area contributed by atoms with Crippen LogP contribution in [0.3, 0.4) is 0 Å². The minimum absolute atomic E-state index is 0.170. The number of carbonyl (C=O) groups excluding carboxylic acids is 3. The molecule has 1 aliphatic rings. The molecule has 0 aliphatic carbocycles. The third kappa shape index (κ3) is 1.82. The number of rotatable bonds is 1. The highest BCUT2D eigenvalue weighted by Gasteiger charge is 2.43. The summed E-state index contributed by atoms with van der Waals surface area (Å²) in [5.41, 5.74) is -0.586. The summed E-state index contributed by atoms with van der Waals surface area (Å²) in [6.45, 7) is 0. The topological polar surface area (TPSA) is 66.5 Å². The second kappa shape index (κ2) is 4.34. The molecule has 1 aliphatic heterocycles. The van der Waals surface area contributed by atoms with Gasteiger partial charge in [-0.15, -0.1) is 0 Å². The number of hydrogen-bond acceptors (Lipinski definition) is 3. The van der Waals surface area contributed by atoms with Crippen LogP contribution in [-0.2, 0) is 9.59 Å². The van der Waals surface area contributed by atoms with Crippen molar-refractivity contribution in [1.29, 1.82) is 0 Å². The van der Waals surface area contributed by atoms with Gasteiger partial charge in [-0.3, -0.25) is 14.9 Å². The molecule has 1 saturated heterocycles. The monoisotopic (exact) mass is 274 g/mol. The number of nitrogens with zero attached hydrogens (tertiary/aromatic N) is 1. The first kappa shape index (κ1) is 12.4. The van der Waals surface area contributed by atoms with E-state index in [0.29, 0.717) is 0 Å². The third-order valence-corrected chi connectivity index (χ3v) is 2.57. The van der Waals surface area contributed by atoms with Crippen molar-refractivity contribution in [3.63, 3.8) is 0 Å². The highest BCUT2D eigenvalue weighted by Crippen LogP contribution is 2.30. The number of nitrogens with one attached hydrogen (secondary N) is 1. The largest absolute Gasteiger partial charge is 0.335 e. The number of benzene rings is 1. The second-order valence-corrected chi connectivity index (χ2v) is 3.81. The predicted octanol–water partition coefficient (Wildman–Crippen LogP) is 1.40. The molecule has 94 valence electrons. The fraction of sp³-hybridized carbons (Fsp3) is 0.100. The fourth-order valence-electron chi connectivity index (χ4n) is 1.46. The summed E-state index contributed by atoms with van der Waals surface area (Å²) in [5, 5.41) is 1.34. The van der Waals surface area contributed by atoms with Crippen LogP contribution in [-0.4, -0.2) is 24.0 Å². The van der Waals surface area contributed by atoms with E-state index in [-0.39, 0.29) is 9.92 Å². The highest BCUT2D eigenvalue weighted by molar-refractivity contribution is 6.37. The highest BCUT2D eigenvalue weighted by atomic mass is 35.5. The standard InChI is InChI=1S/C10H5ClF2N2O3/c11-4-2-1-3-5(12)7(4)15-9(17)6(13)8(16)14-10(15)18/h1-3,6H,(H,14,16,18). The molecule has 4 amide bonds. The minimum Gasteiger partial charge on any atom is -0.274 e. The van der Waals surface area contributed by atoms with Crippen molar-refractivity contribution in [2.45, 2.75) is 6.17 Å². The molecule has 1 unspecified atom stereocenters. The molecule has 0 aromatic heterocycles. The van der Waals surface area contributed by atoms with E-state index in [1.165, 1.54) is 12.1 Å². The Kier molecular flexibility index (Phi) is 3.00. The van der Waals surface area contributed by atoms with Crippen molar-refractivity contribution in [2.24, 2.45) is 0 Å². The molecule has 18 heavy (non-hydrogen) atoms. The molecule has 1 aromatic carbocycles. The van der Waals surface area contributed by atoms with Crippen molar-refractivity contribution in [1.82, 2.24) is 5.32 Å². The summed E-state index contributed by atoms with van der Waals surface area (Å²) in [6.07, 6.45) is -2.57. The maximum Gasteiger partial charge on any atom is 0.335 e. The van der Waals surface area contributed by atoms with Crippen molar-refractivity contribution >= 4 is 35.1 Å². The number of imide groups is 2. The van der Waals surface area contributed by atoms with Crippen molar-refractivity contribution in [3.8, 4) is 0 Å². The van der Waals surface area contributed by atoms with Gasteiger partial charge in [0.1, 0.15) is 11.5 Å². The van der Waals surface area contributed by atoms with E-state index in [0.717, 1.165) is 6.07 Å². The van der Waals surface area contributed by atoms with Crippen molar-refractivity contribution < 1.29 is 23.2 Å². The van der Waals surface area contributed by atoms with E-state index in [2.05, 4.69) is 0 Å². The number of halogens is 3. The molecular weight excluding hydrogens is 270 g/mol. The first-order valence-corrected chi connectivity index (χ1v) is 5.08. The molecular formula is C10H5ClF2N2O3.